The molecule has 0 bridgehead atoms. The van der Waals surface area contributed by atoms with Gasteiger partial charge in [0.25, 0.3) is 0 Å². The zero-order valence-electron chi connectivity index (χ0n) is 13.3. The fourth-order valence-corrected chi connectivity index (χ4v) is 1.42. The Bertz CT molecular complexity index is 598. The van der Waals surface area contributed by atoms with Crippen molar-refractivity contribution in [2.24, 2.45) is 0 Å². The Morgan fingerprint density at radius 1 is 1.29 bits per heavy atom. The average molecular weight is 233 g/mol. The van der Waals surface area contributed by atoms with Gasteiger partial charge in [0, 0.05) is 6.17 Å². The van der Waals surface area contributed by atoms with E-state index in [1.807, 2.05) is 27.7 Å². The van der Waals surface area contributed by atoms with Gasteiger partial charge in [-0.25, -0.2) is 0 Å². The molecule has 0 N–H and O–H groups in total. The van der Waals surface area contributed by atoms with Gasteiger partial charge in [0.05, 0.1) is 26.5 Å². The van der Waals surface area contributed by atoms with E-state index in [-0.39, 0.29) is 29.4 Å². The summed E-state index contributed by atoms with van der Waals surface area (Å²) >= 11 is 0. The Labute approximate surface area is 106 Å². The molecule has 1 saturated heterocycles. The van der Waals surface area contributed by atoms with Crippen LogP contribution in [0.4, 0.5) is 0 Å². The molecule has 2 rings (SSSR count). The Morgan fingerprint density at radius 2 is 1.88 bits per heavy atom. The van der Waals surface area contributed by atoms with Crippen LogP contribution in [-0.4, -0.2) is 23.3 Å². The van der Waals surface area contributed by atoms with Crippen LogP contribution >= 0.6 is 0 Å². The molecule has 1 aromatic rings. The lowest BCUT2D eigenvalue weighted by atomic mass is 9.84. The maximum Gasteiger partial charge on any atom is 0.514 e. The summed E-state index contributed by atoms with van der Waals surface area (Å²) in [6.45, 7) is 7.46. The van der Waals surface area contributed by atoms with E-state index < -0.39 is 18.3 Å². The van der Waals surface area contributed by atoms with Crippen molar-refractivity contribution in [3.63, 3.8) is 0 Å². The summed E-state index contributed by atoms with van der Waals surface area (Å²) in [5.41, 5.74) is -1.33. The highest BCUT2D eigenvalue weighted by Gasteiger charge is 2.52. The van der Waals surface area contributed by atoms with Crippen LogP contribution in [0.5, 0.6) is 0 Å². The van der Waals surface area contributed by atoms with E-state index in [1.165, 1.54) is 0 Å². The van der Waals surface area contributed by atoms with Gasteiger partial charge in [-0.15, -0.1) is 0 Å². The van der Waals surface area contributed by atoms with Gasteiger partial charge in [-0.05, 0) is 39.8 Å². The van der Waals surface area contributed by atoms with Crippen LogP contribution in [0.15, 0.2) is 18.3 Å². The highest BCUT2D eigenvalue weighted by molar-refractivity contribution is 6.61. The lowest BCUT2D eigenvalue weighted by molar-refractivity contribution is 0.00578. The number of rotatable bonds is 1. The van der Waals surface area contributed by atoms with E-state index in [0.29, 0.717) is 0 Å². The molecule has 0 atom stereocenters. The maximum absolute atomic E-state index is 8.87. The Morgan fingerprint density at radius 3 is 2.41 bits per heavy atom. The van der Waals surface area contributed by atoms with Gasteiger partial charge in [0.2, 0.25) is 0 Å². The van der Waals surface area contributed by atoms with Gasteiger partial charge in [-0.2, -0.15) is 5.26 Å². The molecule has 0 saturated carbocycles. The van der Waals surface area contributed by atoms with Gasteiger partial charge in [0.1, 0.15) is 6.07 Å². The Kier molecular flexibility index (Phi) is 1.95. The topological polar surface area (TPSA) is 55.1 Å². The fourth-order valence-electron chi connectivity index (χ4n) is 1.42. The summed E-state index contributed by atoms with van der Waals surface area (Å²) in [5, 5.41) is 8.87. The van der Waals surface area contributed by atoms with Gasteiger partial charge in [0.15, 0.2) is 0 Å². The van der Waals surface area contributed by atoms with Crippen molar-refractivity contribution < 1.29 is 13.4 Å². The SMILES string of the molecule is [2H]c1nc(B2OC(C)(C)C(C)(C)O2)c([2H])c([2H])c1C#N. The summed E-state index contributed by atoms with van der Waals surface area (Å²) in [5.74, 6) is 0. The van der Waals surface area contributed by atoms with Gasteiger partial charge in [-0.3, -0.25) is 4.98 Å². The van der Waals surface area contributed by atoms with Crippen LogP contribution in [0.25, 0.3) is 0 Å². The normalized spacial score (nSPS) is 23.7. The van der Waals surface area contributed by atoms with E-state index in [0.717, 1.165) is 0 Å². The highest BCUT2D eigenvalue weighted by atomic mass is 16.7. The number of nitrogens with zero attached hydrogens (tertiary/aromatic N) is 2. The number of nitriles is 1. The van der Waals surface area contributed by atoms with Gasteiger partial charge in [-0.1, -0.05) is 0 Å². The van der Waals surface area contributed by atoms with Crippen LogP contribution in [0, 0.1) is 11.3 Å². The molecule has 1 aromatic heterocycles. The Hall–Kier alpha value is -1.38. The predicted molar refractivity (Wildman–Crippen MR) is 64.7 cm³/mol. The smallest absolute Gasteiger partial charge is 0.398 e. The Balaban J connectivity index is 2.50. The molecule has 1 aliphatic heterocycles. The second kappa shape index (κ2) is 3.83. The van der Waals surface area contributed by atoms with Gasteiger partial charge < -0.3 is 9.31 Å². The fraction of sp³-hybridized carbons (Fsp3) is 0.500. The van der Waals surface area contributed by atoms with Crippen LogP contribution < -0.4 is 5.59 Å². The van der Waals surface area contributed by atoms with Crippen LogP contribution in [0.1, 0.15) is 37.4 Å². The number of aromatic nitrogens is 1. The lowest BCUT2D eigenvalue weighted by Gasteiger charge is -2.32. The average Bonchev–Trinajstić information content (AvgIpc) is 2.54. The van der Waals surface area contributed by atoms with Crippen molar-refractivity contribution in [1.82, 2.24) is 4.98 Å². The summed E-state index contributed by atoms with van der Waals surface area (Å²) in [6.07, 6.45) is -0.335. The maximum atomic E-state index is 8.87. The molecule has 2 heterocycles. The molecule has 1 fully saturated rings. The van der Waals surface area contributed by atoms with Crippen molar-refractivity contribution in [2.45, 2.75) is 38.9 Å². The van der Waals surface area contributed by atoms with E-state index in [2.05, 4.69) is 4.98 Å². The van der Waals surface area contributed by atoms with E-state index >= 15 is 0 Å². The molecule has 4 nitrogen and oxygen atoms in total. The minimum absolute atomic E-state index is 0.0673. The minimum atomic E-state index is -0.909. The van der Waals surface area contributed by atoms with Crippen molar-refractivity contribution >= 4 is 12.7 Å². The third kappa shape index (κ3) is 2.06. The number of hydrogen-bond acceptors (Lipinski definition) is 4. The quantitative estimate of drug-likeness (QED) is 0.685. The first-order chi connectivity index (χ1) is 9.10. The molecule has 0 aliphatic carbocycles. The lowest BCUT2D eigenvalue weighted by Crippen LogP contribution is -2.41. The minimum Gasteiger partial charge on any atom is -0.398 e. The largest absolute Gasteiger partial charge is 0.514 e. The second-order valence-electron chi connectivity index (χ2n) is 4.93. The predicted octanol–water partition coefficient (Wildman–Crippen LogP) is 1.25. The number of hydrogen-bond donors (Lipinski definition) is 0. The highest BCUT2D eigenvalue weighted by Crippen LogP contribution is 2.36. The van der Waals surface area contributed by atoms with Crippen LogP contribution in [0.2, 0.25) is 0 Å². The molecule has 88 valence electrons. The first-order valence-electron chi connectivity index (χ1n) is 6.84. The first kappa shape index (κ1) is 8.68. The molecule has 17 heavy (non-hydrogen) atoms. The molecular weight excluding hydrogens is 215 g/mol. The zero-order chi connectivity index (χ0) is 15.3. The summed E-state index contributed by atoms with van der Waals surface area (Å²) in [4.78, 5) is 3.90. The summed E-state index contributed by atoms with van der Waals surface area (Å²) < 4.78 is 34.9. The van der Waals surface area contributed by atoms with E-state index in [9.17, 15) is 0 Å². The van der Waals surface area contributed by atoms with Crippen molar-refractivity contribution in [3.8, 4) is 6.07 Å². The zero-order valence-corrected chi connectivity index (χ0v) is 10.3. The molecule has 0 amide bonds. The van der Waals surface area contributed by atoms with Crippen LogP contribution in [0.3, 0.4) is 0 Å². The van der Waals surface area contributed by atoms with E-state index in [1.54, 1.807) is 6.07 Å². The van der Waals surface area contributed by atoms with Crippen molar-refractivity contribution in [1.29, 1.82) is 5.26 Å². The van der Waals surface area contributed by atoms with Crippen LogP contribution in [-0.2, 0) is 9.31 Å². The molecule has 0 spiro atoms. The summed E-state index contributed by atoms with van der Waals surface area (Å²) in [7, 11) is -0.909. The first-order valence-corrected chi connectivity index (χ1v) is 5.34. The van der Waals surface area contributed by atoms with E-state index in [4.69, 9.17) is 18.7 Å². The summed E-state index contributed by atoms with van der Waals surface area (Å²) in [6, 6.07) is 1.15. The standard InChI is InChI=1S/C12H15BN2O2/c1-11(2)12(3,4)17-13(16-11)10-6-5-9(7-14)8-15-10/h5-6,8H,1-4H3/i5D,6D,8D. The van der Waals surface area contributed by atoms with Crippen molar-refractivity contribution in [3.05, 3.63) is 23.8 Å². The molecule has 0 unspecified atom stereocenters. The second-order valence-corrected chi connectivity index (χ2v) is 4.93. The molecule has 1 aliphatic rings. The van der Waals surface area contributed by atoms with Crippen molar-refractivity contribution in [2.75, 3.05) is 0 Å². The van der Waals surface area contributed by atoms with Gasteiger partial charge >= 0.3 is 7.12 Å². The number of pyridine rings is 1. The molecule has 0 aromatic carbocycles. The molecular formula is C12H15BN2O2. The molecule has 0 radical (unpaired) electrons. The third-order valence-electron chi connectivity index (χ3n) is 3.19. The molecule has 5 heteroatoms. The third-order valence-corrected chi connectivity index (χ3v) is 3.19. The monoisotopic (exact) mass is 233 g/mol.